The maximum atomic E-state index is 12.5. The number of aliphatic hydroxyl groups is 1. The molecule has 0 aliphatic carbocycles. The molecule has 1 heterocycles. The molecule has 7 heteroatoms. The van der Waals surface area contributed by atoms with Gasteiger partial charge in [0.25, 0.3) is 0 Å². The maximum absolute atomic E-state index is 12.5. The normalized spacial score (nSPS) is 14.8. The number of halogens is 3. The molecule has 2 aromatic rings. The highest BCUT2D eigenvalue weighted by atomic mass is 19.4. The molecule has 0 saturated heterocycles. The van der Waals surface area contributed by atoms with Gasteiger partial charge < -0.3 is 9.84 Å². The van der Waals surface area contributed by atoms with E-state index < -0.39 is 23.9 Å². The molecule has 21 heavy (non-hydrogen) atoms. The SMILES string of the molecule is COc1ccc(C(O)C(C)n2cc(C(F)(F)F)cn2)cc1. The van der Waals surface area contributed by atoms with Crippen molar-refractivity contribution in [2.45, 2.75) is 25.2 Å². The number of alkyl halides is 3. The quantitative estimate of drug-likeness (QED) is 0.943. The van der Waals surface area contributed by atoms with Crippen LogP contribution >= 0.6 is 0 Å². The third-order valence-corrected chi connectivity index (χ3v) is 3.26. The van der Waals surface area contributed by atoms with Crippen LogP contribution in [0.5, 0.6) is 5.75 Å². The average Bonchev–Trinajstić information content (AvgIpc) is 2.95. The van der Waals surface area contributed by atoms with Gasteiger partial charge in [0.15, 0.2) is 0 Å². The van der Waals surface area contributed by atoms with Crippen LogP contribution < -0.4 is 4.74 Å². The summed E-state index contributed by atoms with van der Waals surface area (Å²) < 4.78 is 43.7. The minimum absolute atomic E-state index is 0.576. The second-order valence-electron chi connectivity index (χ2n) is 4.67. The molecule has 0 bridgehead atoms. The number of hydrogen-bond donors (Lipinski definition) is 1. The van der Waals surface area contributed by atoms with Gasteiger partial charge in [-0.25, -0.2) is 0 Å². The second kappa shape index (κ2) is 5.77. The Hall–Kier alpha value is -2.02. The Labute approximate surface area is 119 Å². The van der Waals surface area contributed by atoms with Crippen LogP contribution in [0.2, 0.25) is 0 Å². The van der Waals surface area contributed by atoms with E-state index in [1.54, 1.807) is 31.2 Å². The Bertz CT molecular complexity index is 593. The van der Waals surface area contributed by atoms with Gasteiger partial charge in [0.05, 0.1) is 24.9 Å². The molecule has 0 radical (unpaired) electrons. The van der Waals surface area contributed by atoms with Gasteiger partial charge in [-0.2, -0.15) is 18.3 Å². The molecule has 1 N–H and O–H groups in total. The van der Waals surface area contributed by atoms with Crippen molar-refractivity contribution in [3.8, 4) is 5.75 Å². The van der Waals surface area contributed by atoms with Crippen LogP contribution in [-0.2, 0) is 6.18 Å². The molecule has 0 saturated carbocycles. The van der Waals surface area contributed by atoms with Crippen LogP contribution in [0, 0.1) is 0 Å². The fourth-order valence-electron chi connectivity index (χ4n) is 1.93. The first-order valence-corrected chi connectivity index (χ1v) is 6.26. The molecule has 0 amide bonds. The highest BCUT2D eigenvalue weighted by Gasteiger charge is 2.33. The van der Waals surface area contributed by atoms with E-state index >= 15 is 0 Å². The van der Waals surface area contributed by atoms with Crippen molar-refractivity contribution in [1.82, 2.24) is 9.78 Å². The van der Waals surface area contributed by atoms with E-state index in [9.17, 15) is 18.3 Å². The van der Waals surface area contributed by atoms with Gasteiger partial charge in [0.1, 0.15) is 11.9 Å². The monoisotopic (exact) mass is 300 g/mol. The smallest absolute Gasteiger partial charge is 0.419 e. The summed E-state index contributed by atoms with van der Waals surface area (Å²) in [5, 5.41) is 13.9. The van der Waals surface area contributed by atoms with Crippen molar-refractivity contribution < 1.29 is 23.0 Å². The molecule has 114 valence electrons. The predicted octanol–water partition coefficient (Wildman–Crippen LogP) is 3.21. The zero-order valence-corrected chi connectivity index (χ0v) is 11.5. The molecule has 1 aromatic carbocycles. The van der Waals surface area contributed by atoms with E-state index in [1.165, 1.54) is 7.11 Å². The fraction of sp³-hybridized carbons (Fsp3) is 0.357. The predicted molar refractivity (Wildman–Crippen MR) is 69.9 cm³/mol. The molecule has 0 spiro atoms. The summed E-state index contributed by atoms with van der Waals surface area (Å²) in [6.07, 6.45) is -3.78. The zero-order chi connectivity index (χ0) is 15.6. The second-order valence-corrected chi connectivity index (χ2v) is 4.67. The number of hydrogen-bond acceptors (Lipinski definition) is 3. The van der Waals surface area contributed by atoms with Gasteiger partial charge in [0.2, 0.25) is 0 Å². The lowest BCUT2D eigenvalue weighted by atomic mass is 10.0. The van der Waals surface area contributed by atoms with E-state index in [-0.39, 0.29) is 0 Å². The van der Waals surface area contributed by atoms with Gasteiger partial charge in [-0.05, 0) is 24.6 Å². The standard InChI is InChI=1S/C14H15F3N2O2/c1-9(19-8-11(7-18-19)14(15,16)17)13(20)10-3-5-12(21-2)6-4-10/h3-9,13,20H,1-2H3. The summed E-state index contributed by atoms with van der Waals surface area (Å²) in [7, 11) is 1.52. The first kappa shape index (κ1) is 15.4. The van der Waals surface area contributed by atoms with E-state index in [2.05, 4.69) is 5.10 Å². The van der Waals surface area contributed by atoms with Crippen molar-refractivity contribution >= 4 is 0 Å². The minimum atomic E-state index is -4.44. The number of aliphatic hydroxyl groups excluding tert-OH is 1. The Balaban J connectivity index is 2.18. The lowest BCUT2D eigenvalue weighted by Gasteiger charge is -2.20. The zero-order valence-electron chi connectivity index (χ0n) is 11.5. The third kappa shape index (κ3) is 3.36. The van der Waals surface area contributed by atoms with Crippen molar-refractivity contribution in [2.24, 2.45) is 0 Å². The number of methoxy groups -OCH3 is 1. The fourth-order valence-corrected chi connectivity index (χ4v) is 1.93. The molecule has 2 unspecified atom stereocenters. The lowest BCUT2D eigenvalue weighted by Crippen LogP contribution is -2.15. The summed E-state index contributed by atoms with van der Waals surface area (Å²) in [6.45, 7) is 1.60. The van der Waals surface area contributed by atoms with E-state index in [1.807, 2.05) is 0 Å². The highest BCUT2D eigenvalue weighted by molar-refractivity contribution is 5.28. The number of rotatable bonds is 4. The Morgan fingerprint density at radius 2 is 1.86 bits per heavy atom. The number of ether oxygens (including phenoxy) is 1. The summed E-state index contributed by atoms with van der Waals surface area (Å²) in [5.41, 5.74) is -0.261. The lowest BCUT2D eigenvalue weighted by molar-refractivity contribution is -0.137. The van der Waals surface area contributed by atoms with E-state index in [0.717, 1.165) is 17.1 Å². The molecule has 1 aromatic heterocycles. The van der Waals surface area contributed by atoms with Gasteiger partial charge >= 0.3 is 6.18 Å². The van der Waals surface area contributed by atoms with Gasteiger partial charge in [0, 0.05) is 6.20 Å². The number of aromatic nitrogens is 2. The first-order valence-electron chi connectivity index (χ1n) is 6.26. The molecule has 2 rings (SSSR count). The van der Waals surface area contributed by atoms with Crippen molar-refractivity contribution in [3.05, 3.63) is 47.8 Å². The molecule has 4 nitrogen and oxygen atoms in total. The molecule has 0 aliphatic rings. The largest absolute Gasteiger partial charge is 0.497 e. The van der Waals surface area contributed by atoms with Crippen molar-refractivity contribution in [3.63, 3.8) is 0 Å². The van der Waals surface area contributed by atoms with Crippen molar-refractivity contribution in [1.29, 1.82) is 0 Å². The van der Waals surface area contributed by atoms with E-state index in [4.69, 9.17) is 4.74 Å². The summed E-state index contributed by atoms with van der Waals surface area (Å²) in [4.78, 5) is 0. The molecular formula is C14H15F3N2O2. The highest BCUT2D eigenvalue weighted by Crippen LogP contribution is 2.31. The van der Waals surface area contributed by atoms with Crippen LogP contribution in [0.3, 0.4) is 0 Å². The molecular weight excluding hydrogens is 285 g/mol. The topological polar surface area (TPSA) is 47.3 Å². The van der Waals surface area contributed by atoms with Gasteiger partial charge in [-0.3, -0.25) is 4.68 Å². The van der Waals surface area contributed by atoms with E-state index in [0.29, 0.717) is 11.3 Å². The molecule has 0 aliphatic heterocycles. The third-order valence-electron chi connectivity index (χ3n) is 3.26. The molecule has 0 fully saturated rings. The summed E-state index contributed by atoms with van der Waals surface area (Å²) in [6, 6.07) is 6.04. The van der Waals surface area contributed by atoms with Crippen LogP contribution in [0.1, 0.15) is 30.2 Å². The van der Waals surface area contributed by atoms with Crippen LogP contribution in [0.25, 0.3) is 0 Å². The Morgan fingerprint density at radius 3 is 2.33 bits per heavy atom. The molecule has 2 atom stereocenters. The number of benzene rings is 1. The van der Waals surface area contributed by atoms with Gasteiger partial charge in [-0.1, -0.05) is 12.1 Å². The minimum Gasteiger partial charge on any atom is -0.497 e. The Kier molecular flexibility index (Phi) is 4.22. The van der Waals surface area contributed by atoms with Crippen LogP contribution in [0.15, 0.2) is 36.7 Å². The number of nitrogens with zero attached hydrogens (tertiary/aromatic N) is 2. The van der Waals surface area contributed by atoms with Crippen LogP contribution in [-0.4, -0.2) is 22.0 Å². The average molecular weight is 300 g/mol. The van der Waals surface area contributed by atoms with Gasteiger partial charge in [-0.15, -0.1) is 0 Å². The maximum Gasteiger partial charge on any atom is 0.419 e. The summed E-state index contributed by atoms with van der Waals surface area (Å²) >= 11 is 0. The van der Waals surface area contributed by atoms with Crippen LogP contribution in [0.4, 0.5) is 13.2 Å². The van der Waals surface area contributed by atoms with Crippen molar-refractivity contribution in [2.75, 3.05) is 7.11 Å². The Morgan fingerprint density at radius 1 is 1.24 bits per heavy atom. The summed E-state index contributed by atoms with van der Waals surface area (Å²) in [5.74, 6) is 0.636. The first-order chi connectivity index (χ1) is 9.82.